The predicted molar refractivity (Wildman–Crippen MR) is 53.5 cm³/mol. The largest absolute Gasteiger partial charge is 0.480 e. The first-order chi connectivity index (χ1) is 6.20. The highest BCUT2D eigenvalue weighted by atomic mass is 35.5. The molecular formula is C8H15ClN2O3. The summed E-state index contributed by atoms with van der Waals surface area (Å²) in [6, 6.07) is 0. The topological polar surface area (TPSA) is 78.4 Å². The molecule has 6 heteroatoms. The first-order valence-corrected chi connectivity index (χ1v) is 4.40. The Morgan fingerprint density at radius 2 is 1.93 bits per heavy atom. The molecule has 0 unspecified atom stereocenters. The van der Waals surface area contributed by atoms with Gasteiger partial charge in [0.2, 0.25) is 5.91 Å². The highest BCUT2D eigenvalue weighted by Gasteiger charge is 2.20. The second-order valence-corrected chi connectivity index (χ2v) is 3.14. The lowest BCUT2D eigenvalue weighted by atomic mass is 9.97. The van der Waals surface area contributed by atoms with Gasteiger partial charge in [-0.2, -0.15) is 0 Å². The lowest BCUT2D eigenvalue weighted by Crippen LogP contribution is -2.39. The van der Waals surface area contributed by atoms with Crippen LogP contribution < -0.4 is 10.6 Å². The molecule has 14 heavy (non-hydrogen) atoms. The fraction of sp³-hybridized carbons (Fsp3) is 0.750. The number of nitrogens with one attached hydrogen (secondary N) is 2. The maximum atomic E-state index is 11.3. The number of carboxylic acid groups (broad SMARTS) is 1. The van der Waals surface area contributed by atoms with E-state index in [0.717, 1.165) is 25.9 Å². The van der Waals surface area contributed by atoms with Crippen molar-refractivity contribution in [3.63, 3.8) is 0 Å². The Labute approximate surface area is 88.7 Å². The molecule has 0 atom stereocenters. The maximum Gasteiger partial charge on any atom is 0.322 e. The molecule has 0 bridgehead atoms. The van der Waals surface area contributed by atoms with Crippen LogP contribution in [-0.2, 0) is 9.59 Å². The van der Waals surface area contributed by atoms with Gasteiger partial charge in [0.25, 0.3) is 0 Å². The minimum Gasteiger partial charge on any atom is -0.480 e. The summed E-state index contributed by atoms with van der Waals surface area (Å²) in [5, 5.41) is 13.9. The van der Waals surface area contributed by atoms with Gasteiger partial charge in [-0.05, 0) is 25.9 Å². The van der Waals surface area contributed by atoms with Crippen molar-refractivity contribution in [1.82, 2.24) is 10.6 Å². The van der Waals surface area contributed by atoms with Gasteiger partial charge in [-0.15, -0.1) is 12.4 Å². The molecule has 0 spiro atoms. The van der Waals surface area contributed by atoms with Crippen molar-refractivity contribution in [3.8, 4) is 0 Å². The van der Waals surface area contributed by atoms with Crippen LogP contribution in [0.1, 0.15) is 12.8 Å². The second-order valence-electron chi connectivity index (χ2n) is 3.14. The summed E-state index contributed by atoms with van der Waals surface area (Å²) in [7, 11) is 0. The van der Waals surface area contributed by atoms with Crippen molar-refractivity contribution in [2.75, 3.05) is 19.6 Å². The molecule has 3 N–H and O–H groups in total. The summed E-state index contributed by atoms with van der Waals surface area (Å²) >= 11 is 0. The molecule has 5 nitrogen and oxygen atoms in total. The summed E-state index contributed by atoms with van der Waals surface area (Å²) in [5.41, 5.74) is 0. The summed E-state index contributed by atoms with van der Waals surface area (Å²) < 4.78 is 0. The average Bonchev–Trinajstić information content (AvgIpc) is 2.15. The third-order valence-electron chi connectivity index (χ3n) is 2.12. The Balaban J connectivity index is 0.00000169. The van der Waals surface area contributed by atoms with Gasteiger partial charge in [0.05, 0.1) is 0 Å². The molecule has 1 fully saturated rings. The van der Waals surface area contributed by atoms with Gasteiger partial charge in [-0.3, -0.25) is 9.59 Å². The van der Waals surface area contributed by atoms with Crippen molar-refractivity contribution in [1.29, 1.82) is 0 Å². The normalized spacial score (nSPS) is 16.9. The van der Waals surface area contributed by atoms with Crippen LogP contribution in [0.5, 0.6) is 0 Å². The molecule has 1 aliphatic rings. The van der Waals surface area contributed by atoms with Crippen molar-refractivity contribution in [2.45, 2.75) is 12.8 Å². The van der Waals surface area contributed by atoms with E-state index in [4.69, 9.17) is 5.11 Å². The van der Waals surface area contributed by atoms with Gasteiger partial charge in [-0.25, -0.2) is 0 Å². The van der Waals surface area contributed by atoms with E-state index in [1.54, 1.807) is 0 Å². The minimum absolute atomic E-state index is 0. The van der Waals surface area contributed by atoms with E-state index in [0.29, 0.717) is 0 Å². The average molecular weight is 223 g/mol. The van der Waals surface area contributed by atoms with Crippen LogP contribution in [0.4, 0.5) is 0 Å². The number of piperidine rings is 1. The molecule has 0 saturated carbocycles. The SMILES string of the molecule is Cl.O=C(O)CNC(=O)C1CCNCC1. The van der Waals surface area contributed by atoms with Gasteiger partial charge < -0.3 is 15.7 Å². The van der Waals surface area contributed by atoms with Gasteiger partial charge in [0, 0.05) is 5.92 Å². The lowest BCUT2D eigenvalue weighted by molar-refractivity contribution is -0.138. The Kier molecular flexibility index (Phi) is 6.23. The molecule has 0 aromatic carbocycles. The third-order valence-corrected chi connectivity index (χ3v) is 2.12. The second kappa shape index (κ2) is 6.62. The number of hydrogen-bond acceptors (Lipinski definition) is 3. The molecule has 1 heterocycles. The van der Waals surface area contributed by atoms with Crippen LogP contribution in [0, 0.1) is 5.92 Å². The molecule has 1 rings (SSSR count). The Bertz CT molecular complexity index is 205. The van der Waals surface area contributed by atoms with Gasteiger partial charge in [0.15, 0.2) is 0 Å². The third kappa shape index (κ3) is 4.43. The van der Waals surface area contributed by atoms with Crippen LogP contribution >= 0.6 is 12.4 Å². The van der Waals surface area contributed by atoms with E-state index in [1.807, 2.05) is 0 Å². The standard InChI is InChI=1S/C8H14N2O3.ClH/c11-7(12)5-10-8(13)6-1-3-9-4-2-6;/h6,9H,1-5H2,(H,10,13)(H,11,12);1H. The number of carbonyl (C=O) groups excluding carboxylic acids is 1. The van der Waals surface area contributed by atoms with Gasteiger partial charge >= 0.3 is 5.97 Å². The van der Waals surface area contributed by atoms with Crippen molar-refractivity contribution in [2.24, 2.45) is 5.92 Å². The number of aliphatic carboxylic acids is 1. The minimum atomic E-state index is -0.998. The first kappa shape index (κ1) is 13.2. The number of amides is 1. The molecule has 0 aromatic rings. The summed E-state index contributed by atoms with van der Waals surface area (Å²) in [6.45, 7) is 1.40. The van der Waals surface area contributed by atoms with Crippen LogP contribution in [0.25, 0.3) is 0 Å². The zero-order valence-electron chi connectivity index (χ0n) is 7.78. The maximum absolute atomic E-state index is 11.3. The summed E-state index contributed by atoms with van der Waals surface area (Å²) in [4.78, 5) is 21.5. The number of hydrogen-bond donors (Lipinski definition) is 3. The molecular weight excluding hydrogens is 208 g/mol. The van der Waals surface area contributed by atoms with E-state index in [1.165, 1.54) is 0 Å². The van der Waals surface area contributed by atoms with Crippen molar-refractivity contribution < 1.29 is 14.7 Å². The Morgan fingerprint density at radius 3 is 2.43 bits per heavy atom. The van der Waals surface area contributed by atoms with Crippen LogP contribution in [0.2, 0.25) is 0 Å². The van der Waals surface area contributed by atoms with Crippen LogP contribution in [0.15, 0.2) is 0 Å². The van der Waals surface area contributed by atoms with Crippen molar-refractivity contribution in [3.05, 3.63) is 0 Å². The summed E-state index contributed by atoms with van der Waals surface area (Å²) in [5.74, 6) is -1.15. The smallest absolute Gasteiger partial charge is 0.322 e. The van der Waals surface area contributed by atoms with Gasteiger partial charge in [-0.1, -0.05) is 0 Å². The van der Waals surface area contributed by atoms with Gasteiger partial charge in [0.1, 0.15) is 6.54 Å². The van der Waals surface area contributed by atoms with Crippen LogP contribution in [-0.4, -0.2) is 36.6 Å². The van der Waals surface area contributed by atoms with Crippen LogP contribution in [0.3, 0.4) is 0 Å². The van der Waals surface area contributed by atoms with E-state index >= 15 is 0 Å². The molecule has 1 saturated heterocycles. The zero-order valence-corrected chi connectivity index (χ0v) is 8.60. The molecule has 82 valence electrons. The van der Waals surface area contributed by atoms with E-state index in [-0.39, 0.29) is 30.8 Å². The molecule has 0 aromatic heterocycles. The Hall–Kier alpha value is -0.810. The summed E-state index contributed by atoms with van der Waals surface area (Å²) in [6.07, 6.45) is 1.59. The Morgan fingerprint density at radius 1 is 1.36 bits per heavy atom. The molecule has 1 amide bonds. The van der Waals surface area contributed by atoms with E-state index in [9.17, 15) is 9.59 Å². The zero-order chi connectivity index (χ0) is 9.68. The predicted octanol–water partition coefficient (Wildman–Crippen LogP) is -0.391. The quantitative estimate of drug-likeness (QED) is 0.608. The molecule has 0 radical (unpaired) electrons. The highest BCUT2D eigenvalue weighted by molar-refractivity contribution is 5.85. The fourth-order valence-electron chi connectivity index (χ4n) is 1.39. The molecule has 1 aliphatic heterocycles. The fourth-order valence-corrected chi connectivity index (χ4v) is 1.39. The van der Waals surface area contributed by atoms with E-state index < -0.39 is 5.97 Å². The van der Waals surface area contributed by atoms with E-state index in [2.05, 4.69) is 10.6 Å². The lowest BCUT2D eigenvalue weighted by Gasteiger charge is -2.21. The number of carboxylic acids is 1. The number of halogens is 1. The monoisotopic (exact) mass is 222 g/mol. The number of carbonyl (C=O) groups is 2. The first-order valence-electron chi connectivity index (χ1n) is 4.40. The number of rotatable bonds is 3. The highest BCUT2D eigenvalue weighted by Crippen LogP contribution is 2.10. The van der Waals surface area contributed by atoms with Crippen molar-refractivity contribution >= 4 is 24.3 Å². The molecule has 0 aliphatic carbocycles.